The van der Waals surface area contributed by atoms with Gasteiger partial charge in [-0.1, -0.05) is 25.7 Å². The van der Waals surface area contributed by atoms with E-state index in [1.165, 1.54) is 64.2 Å². The Morgan fingerprint density at radius 3 is 2.47 bits per heavy atom. The minimum atomic E-state index is 0.0594. The molecule has 0 amide bonds. The number of ether oxygens (including phenoxy) is 2. The third-order valence-corrected chi connectivity index (χ3v) is 5.14. The van der Waals surface area contributed by atoms with Gasteiger partial charge >= 0.3 is 0 Å². The van der Waals surface area contributed by atoms with Crippen LogP contribution in [0, 0.1) is 0 Å². The third kappa shape index (κ3) is 3.93. The molecule has 1 saturated heterocycles. The zero-order valence-electron chi connectivity index (χ0n) is 12.7. The van der Waals surface area contributed by atoms with Gasteiger partial charge in [-0.2, -0.15) is 0 Å². The van der Waals surface area contributed by atoms with Gasteiger partial charge in [0.05, 0.1) is 11.7 Å². The summed E-state index contributed by atoms with van der Waals surface area (Å²) in [6.07, 6.45) is 13.1. The molecular weight excluding hydrogens is 238 g/mol. The Hall–Kier alpha value is -0.120. The summed E-state index contributed by atoms with van der Waals surface area (Å²) in [5.74, 6) is 0. The molecule has 1 saturated carbocycles. The summed E-state index contributed by atoms with van der Waals surface area (Å²) < 4.78 is 11.8. The van der Waals surface area contributed by atoms with Crippen LogP contribution in [0.15, 0.2) is 0 Å². The summed E-state index contributed by atoms with van der Waals surface area (Å²) in [6.45, 7) is 0.963. The maximum absolute atomic E-state index is 6.02. The van der Waals surface area contributed by atoms with Gasteiger partial charge < -0.3 is 14.8 Å². The zero-order valence-corrected chi connectivity index (χ0v) is 12.7. The van der Waals surface area contributed by atoms with Gasteiger partial charge in [0.25, 0.3) is 0 Å². The number of rotatable bonds is 6. The van der Waals surface area contributed by atoms with Crippen LogP contribution in [0.5, 0.6) is 0 Å². The molecule has 3 heteroatoms. The van der Waals surface area contributed by atoms with E-state index < -0.39 is 0 Å². The Balaban J connectivity index is 1.91. The van der Waals surface area contributed by atoms with Crippen molar-refractivity contribution in [2.45, 2.75) is 82.0 Å². The third-order valence-electron chi connectivity index (χ3n) is 5.14. The highest BCUT2D eigenvalue weighted by atomic mass is 16.5. The van der Waals surface area contributed by atoms with Crippen LogP contribution in [0.4, 0.5) is 0 Å². The van der Waals surface area contributed by atoms with E-state index in [1.807, 2.05) is 7.11 Å². The van der Waals surface area contributed by atoms with Gasteiger partial charge in [-0.05, 0) is 45.6 Å². The molecule has 1 N–H and O–H groups in total. The summed E-state index contributed by atoms with van der Waals surface area (Å²) in [5.41, 5.74) is 0.0594. The van der Waals surface area contributed by atoms with Gasteiger partial charge in [0.15, 0.2) is 0 Å². The van der Waals surface area contributed by atoms with E-state index in [0.29, 0.717) is 12.1 Å². The smallest absolute Gasteiger partial charge is 0.0830 e. The molecule has 2 atom stereocenters. The summed E-state index contributed by atoms with van der Waals surface area (Å²) in [5, 5.41) is 3.53. The molecule has 0 aromatic heterocycles. The fraction of sp³-hybridized carbons (Fsp3) is 1.00. The molecule has 1 heterocycles. The maximum Gasteiger partial charge on any atom is 0.0830 e. The first-order chi connectivity index (χ1) is 9.30. The predicted molar refractivity (Wildman–Crippen MR) is 78.5 cm³/mol. The highest BCUT2D eigenvalue weighted by molar-refractivity contribution is 4.94. The van der Waals surface area contributed by atoms with Crippen molar-refractivity contribution in [2.75, 3.05) is 20.8 Å². The van der Waals surface area contributed by atoms with Crippen molar-refractivity contribution < 1.29 is 9.47 Å². The first-order valence-electron chi connectivity index (χ1n) is 8.15. The van der Waals surface area contributed by atoms with Crippen LogP contribution in [0.3, 0.4) is 0 Å². The highest BCUT2D eigenvalue weighted by Gasteiger charge is 2.38. The Morgan fingerprint density at radius 1 is 1.21 bits per heavy atom. The van der Waals surface area contributed by atoms with E-state index in [-0.39, 0.29) is 5.60 Å². The van der Waals surface area contributed by atoms with Crippen molar-refractivity contribution in [3.8, 4) is 0 Å². The molecule has 19 heavy (non-hydrogen) atoms. The van der Waals surface area contributed by atoms with Crippen LogP contribution in [-0.2, 0) is 9.47 Å². The van der Waals surface area contributed by atoms with Gasteiger partial charge in [0.1, 0.15) is 0 Å². The van der Waals surface area contributed by atoms with E-state index in [0.717, 1.165) is 6.61 Å². The Kier molecular flexibility index (Phi) is 6.11. The molecule has 2 fully saturated rings. The lowest BCUT2D eigenvalue weighted by Crippen LogP contribution is -2.51. The first-order valence-corrected chi connectivity index (χ1v) is 8.15. The first kappa shape index (κ1) is 15.3. The van der Waals surface area contributed by atoms with Crippen molar-refractivity contribution in [3.05, 3.63) is 0 Å². The standard InChI is InChI=1S/C16H31NO2/c1-17-15(10-9-14-8-7-13-19-14)16(18-2)11-5-3-4-6-12-16/h14-15,17H,3-13H2,1-2H3. The van der Waals surface area contributed by atoms with E-state index in [2.05, 4.69) is 12.4 Å². The minimum absolute atomic E-state index is 0.0594. The fourth-order valence-electron chi connectivity index (χ4n) is 3.92. The molecule has 0 aromatic rings. The SMILES string of the molecule is CNC(CCC1CCCO1)C1(OC)CCCCCC1. The monoisotopic (exact) mass is 269 g/mol. The average Bonchev–Trinajstić information content (AvgIpc) is 2.84. The van der Waals surface area contributed by atoms with Crippen molar-refractivity contribution in [2.24, 2.45) is 0 Å². The lowest BCUT2D eigenvalue weighted by Gasteiger charge is -2.39. The second kappa shape index (κ2) is 7.61. The van der Waals surface area contributed by atoms with Gasteiger partial charge in [-0.3, -0.25) is 0 Å². The highest BCUT2D eigenvalue weighted by Crippen LogP contribution is 2.35. The molecule has 2 unspecified atom stereocenters. The quantitative estimate of drug-likeness (QED) is 0.751. The molecule has 2 aliphatic rings. The summed E-state index contributed by atoms with van der Waals surface area (Å²) in [7, 11) is 3.99. The van der Waals surface area contributed by atoms with Gasteiger partial charge in [0, 0.05) is 19.8 Å². The van der Waals surface area contributed by atoms with Gasteiger partial charge in [0.2, 0.25) is 0 Å². The Morgan fingerprint density at radius 2 is 1.95 bits per heavy atom. The van der Waals surface area contributed by atoms with E-state index >= 15 is 0 Å². The van der Waals surface area contributed by atoms with Crippen LogP contribution in [0.1, 0.15) is 64.2 Å². The zero-order chi connectivity index (χ0) is 13.6. The molecule has 0 bridgehead atoms. The lowest BCUT2D eigenvalue weighted by molar-refractivity contribution is -0.0558. The molecular formula is C16H31NO2. The molecule has 1 aliphatic carbocycles. The van der Waals surface area contributed by atoms with Crippen LogP contribution in [0.2, 0.25) is 0 Å². The van der Waals surface area contributed by atoms with E-state index in [4.69, 9.17) is 9.47 Å². The summed E-state index contributed by atoms with van der Waals surface area (Å²) in [4.78, 5) is 0. The van der Waals surface area contributed by atoms with Gasteiger partial charge in [-0.25, -0.2) is 0 Å². The fourth-order valence-corrected chi connectivity index (χ4v) is 3.92. The van der Waals surface area contributed by atoms with Crippen LogP contribution in [0.25, 0.3) is 0 Å². The number of hydrogen-bond acceptors (Lipinski definition) is 3. The molecule has 3 nitrogen and oxygen atoms in total. The van der Waals surface area contributed by atoms with Crippen molar-refractivity contribution in [3.63, 3.8) is 0 Å². The molecule has 2 rings (SSSR count). The maximum atomic E-state index is 6.02. The van der Waals surface area contributed by atoms with E-state index in [9.17, 15) is 0 Å². The van der Waals surface area contributed by atoms with Crippen LogP contribution >= 0.6 is 0 Å². The molecule has 112 valence electrons. The van der Waals surface area contributed by atoms with Crippen molar-refractivity contribution >= 4 is 0 Å². The number of hydrogen-bond donors (Lipinski definition) is 1. The molecule has 0 aromatic carbocycles. The topological polar surface area (TPSA) is 30.5 Å². The largest absolute Gasteiger partial charge is 0.378 e. The van der Waals surface area contributed by atoms with Crippen LogP contribution < -0.4 is 5.32 Å². The molecule has 0 spiro atoms. The molecule has 1 aliphatic heterocycles. The van der Waals surface area contributed by atoms with E-state index in [1.54, 1.807) is 0 Å². The van der Waals surface area contributed by atoms with Gasteiger partial charge in [-0.15, -0.1) is 0 Å². The normalized spacial score (nSPS) is 29.1. The predicted octanol–water partition coefficient (Wildman–Crippen LogP) is 3.27. The molecule has 0 radical (unpaired) electrons. The second-order valence-electron chi connectivity index (χ2n) is 6.24. The lowest BCUT2D eigenvalue weighted by atomic mass is 9.83. The minimum Gasteiger partial charge on any atom is -0.378 e. The van der Waals surface area contributed by atoms with Crippen LogP contribution in [-0.4, -0.2) is 38.5 Å². The van der Waals surface area contributed by atoms with Crippen molar-refractivity contribution in [1.29, 1.82) is 0 Å². The number of likely N-dealkylation sites (N-methyl/N-ethyl adjacent to an activating group) is 1. The Bertz CT molecular complexity index is 243. The average molecular weight is 269 g/mol. The number of nitrogens with one attached hydrogen (secondary N) is 1. The second-order valence-corrected chi connectivity index (χ2v) is 6.24. The summed E-state index contributed by atoms with van der Waals surface area (Å²) >= 11 is 0. The summed E-state index contributed by atoms with van der Waals surface area (Å²) in [6, 6.07) is 0.472. The number of methoxy groups -OCH3 is 1. The Labute approximate surface area is 118 Å². The van der Waals surface area contributed by atoms with Crippen molar-refractivity contribution in [1.82, 2.24) is 5.32 Å².